The van der Waals surface area contributed by atoms with Gasteiger partial charge >= 0.3 is 0 Å². The average molecular weight is 330 g/mol. The van der Waals surface area contributed by atoms with E-state index in [0.717, 1.165) is 24.6 Å². The minimum absolute atomic E-state index is 0.0796. The fraction of sp³-hybridized carbons (Fsp3) is 0.611. The van der Waals surface area contributed by atoms with Gasteiger partial charge in [-0.1, -0.05) is 12.1 Å². The van der Waals surface area contributed by atoms with Crippen molar-refractivity contribution in [3.63, 3.8) is 0 Å². The van der Waals surface area contributed by atoms with Gasteiger partial charge in [-0.15, -0.1) is 0 Å². The van der Waals surface area contributed by atoms with Crippen LogP contribution in [0.3, 0.4) is 0 Å². The number of fused-ring (bicyclic) bond motifs is 1. The summed E-state index contributed by atoms with van der Waals surface area (Å²) in [6, 6.07) is 1.80. The van der Waals surface area contributed by atoms with Crippen LogP contribution in [0.4, 0.5) is 0 Å². The van der Waals surface area contributed by atoms with E-state index < -0.39 is 0 Å². The number of hydrogen-bond acceptors (Lipinski definition) is 5. The Bertz CT molecular complexity index is 717. The molecule has 1 saturated heterocycles. The second kappa shape index (κ2) is 7.30. The van der Waals surface area contributed by atoms with Crippen molar-refractivity contribution in [2.75, 3.05) is 26.2 Å². The minimum atomic E-state index is -0.0796. The molecule has 3 rings (SSSR count). The van der Waals surface area contributed by atoms with Gasteiger partial charge in [-0.05, 0) is 64.7 Å². The summed E-state index contributed by atoms with van der Waals surface area (Å²) < 4.78 is 5.19. The van der Waals surface area contributed by atoms with Gasteiger partial charge in [0.1, 0.15) is 0 Å². The molecule has 2 aromatic rings. The van der Waals surface area contributed by atoms with E-state index in [-0.39, 0.29) is 5.91 Å². The predicted molar refractivity (Wildman–Crippen MR) is 93.1 cm³/mol. The molecule has 6 nitrogen and oxygen atoms in total. The Hall–Kier alpha value is -1.95. The van der Waals surface area contributed by atoms with Gasteiger partial charge in [-0.25, -0.2) is 4.98 Å². The Labute approximate surface area is 142 Å². The molecule has 0 atom stereocenters. The number of nitrogens with one attached hydrogen (secondary N) is 1. The van der Waals surface area contributed by atoms with E-state index in [1.807, 2.05) is 13.8 Å². The number of likely N-dealkylation sites (tertiary alicyclic amines) is 1. The molecule has 0 aliphatic carbocycles. The average Bonchev–Trinajstić information content (AvgIpc) is 2.93. The van der Waals surface area contributed by atoms with Gasteiger partial charge in [0.2, 0.25) is 0 Å². The Morgan fingerprint density at radius 3 is 2.88 bits per heavy atom. The van der Waals surface area contributed by atoms with Gasteiger partial charge in [0.15, 0.2) is 0 Å². The summed E-state index contributed by atoms with van der Waals surface area (Å²) in [5.74, 6) is 0.772. The van der Waals surface area contributed by atoms with Crippen molar-refractivity contribution in [1.82, 2.24) is 20.4 Å². The number of rotatable bonds is 5. The molecule has 6 heteroatoms. The van der Waals surface area contributed by atoms with Crippen LogP contribution in [0.5, 0.6) is 0 Å². The zero-order chi connectivity index (χ0) is 17.1. The molecule has 0 unspecified atom stereocenters. The third-order valence-electron chi connectivity index (χ3n) is 4.80. The Morgan fingerprint density at radius 1 is 1.38 bits per heavy atom. The lowest BCUT2D eigenvalue weighted by molar-refractivity contribution is 0.0952. The molecule has 1 amide bonds. The van der Waals surface area contributed by atoms with Gasteiger partial charge in [0, 0.05) is 12.2 Å². The number of carbonyl (C=O) groups excluding carboxylic acids is 1. The highest BCUT2D eigenvalue weighted by Crippen LogP contribution is 2.21. The van der Waals surface area contributed by atoms with Gasteiger partial charge in [0.05, 0.1) is 16.6 Å². The summed E-state index contributed by atoms with van der Waals surface area (Å²) >= 11 is 0. The molecular weight excluding hydrogens is 304 g/mol. The molecule has 0 bridgehead atoms. The number of amides is 1. The lowest BCUT2D eigenvalue weighted by atomic mass is 9.99. The van der Waals surface area contributed by atoms with E-state index in [9.17, 15) is 4.79 Å². The highest BCUT2D eigenvalue weighted by molar-refractivity contribution is 6.05. The summed E-state index contributed by atoms with van der Waals surface area (Å²) in [5.41, 5.74) is 2.49. The highest BCUT2D eigenvalue weighted by atomic mass is 16.5. The third-order valence-corrected chi connectivity index (χ3v) is 4.80. The monoisotopic (exact) mass is 330 g/mol. The maximum Gasteiger partial charge on any atom is 0.258 e. The Balaban J connectivity index is 1.55. The smallest absolute Gasteiger partial charge is 0.258 e. The quantitative estimate of drug-likeness (QED) is 0.854. The molecule has 1 aliphatic heterocycles. The van der Waals surface area contributed by atoms with E-state index in [4.69, 9.17) is 4.52 Å². The highest BCUT2D eigenvalue weighted by Gasteiger charge is 2.18. The number of pyridine rings is 1. The molecule has 24 heavy (non-hydrogen) atoms. The molecule has 0 saturated carbocycles. The molecular formula is C18H26N4O2. The Morgan fingerprint density at radius 2 is 2.12 bits per heavy atom. The number of hydrogen-bond donors (Lipinski definition) is 1. The van der Waals surface area contributed by atoms with E-state index in [1.54, 1.807) is 6.07 Å². The summed E-state index contributed by atoms with van der Waals surface area (Å²) in [4.78, 5) is 19.3. The standard InChI is InChI=1S/C18H26N4O2/c1-12-5-9-22(10-6-12)8-4-7-19-17(23)15-11-13(2)20-18-16(15)14(3)21-24-18/h11-12H,4-10H2,1-3H3,(H,19,23). The van der Waals surface area contributed by atoms with Crippen molar-refractivity contribution in [1.29, 1.82) is 0 Å². The van der Waals surface area contributed by atoms with Gasteiger partial charge in [-0.3, -0.25) is 4.79 Å². The topological polar surface area (TPSA) is 71.3 Å². The zero-order valence-corrected chi connectivity index (χ0v) is 14.8. The maximum atomic E-state index is 12.5. The van der Waals surface area contributed by atoms with Gasteiger partial charge in [-0.2, -0.15) is 0 Å². The van der Waals surface area contributed by atoms with Crippen LogP contribution in [-0.2, 0) is 0 Å². The summed E-state index contributed by atoms with van der Waals surface area (Å²) in [7, 11) is 0. The number of aryl methyl sites for hydroxylation is 2. The second-order valence-corrected chi connectivity index (χ2v) is 6.89. The van der Waals surface area contributed by atoms with Crippen molar-refractivity contribution in [2.24, 2.45) is 5.92 Å². The molecule has 0 radical (unpaired) electrons. The molecule has 0 aromatic carbocycles. The van der Waals surface area contributed by atoms with Crippen molar-refractivity contribution >= 4 is 17.0 Å². The first-order valence-corrected chi connectivity index (χ1v) is 8.79. The van der Waals surface area contributed by atoms with Crippen molar-refractivity contribution < 1.29 is 9.32 Å². The fourth-order valence-corrected chi connectivity index (χ4v) is 3.28. The Kier molecular flexibility index (Phi) is 5.14. The SMILES string of the molecule is Cc1cc(C(=O)NCCCN2CCC(C)CC2)c2c(C)noc2n1. The maximum absolute atomic E-state index is 12.5. The van der Waals surface area contributed by atoms with Crippen LogP contribution >= 0.6 is 0 Å². The molecule has 1 N–H and O–H groups in total. The molecule has 0 spiro atoms. The lowest BCUT2D eigenvalue weighted by Gasteiger charge is -2.30. The minimum Gasteiger partial charge on any atom is -0.352 e. The second-order valence-electron chi connectivity index (χ2n) is 6.89. The van der Waals surface area contributed by atoms with Crippen molar-refractivity contribution in [3.8, 4) is 0 Å². The van der Waals surface area contributed by atoms with Crippen LogP contribution in [0.25, 0.3) is 11.1 Å². The van der Waals surface area contributed by atoms with Gasteiger partial charge in [0.25, 0.3) is 11.6 Å². The largest absolute Gasteiger partial charge is 0.352 e. The first kappa shape index (κ1) is 16.9. The lowest BCUT2D eigenvalue weighted by Crippen LogP contribution is -2.35. The molecule has 2 aromatic heterocycles. The summed E-state index contributed by atoms with van der Waals surface area (Å²) in [6.45, 7) is 10.1. The third kappa shape index (κ3) is 3.75. The normalized spacial score (nSPS) is 16.6. The van der Waals surface area contributed by atoms with Crippen molar-refractivity contribution in [2.45, 2.75) is 40.0 Å². The number of nitrogens with zero attached hydrogens (tertiary/aromatic N) is 3. The summed E-state index contributed by atoms with van der Waals surface area (Å²) in [6.07, 6.45) is 3.54. The molecule has 1 aliphatic rings. The van der Waals surface area contributed by atoms with Crippen LogP contribution in [0.15, 0.2) is 10.6 Å². The number of aromatic nitrogens is 2. The first-order valence-electron chi connectivity index (χ1n) is 8.79. The van der Waals surface area contributed by atoms with Crippen LogP contribution in [0.2, 0.25) is 0 Å². The van der Waals surface area contributed by atoms with E-state index in [1.165, 1.54) is 25.9 Å². The van der Waals surface area contributed by atoms with Crippen molar-refractivity contribution in [3.05, 3.63) is 23.0 Å². The fourth-order valence-electron chi connectivity index (χ4n) is 3.28. The summed E-state index contributed by atoms with van der Waals surface area (Å²) in [5, 5.41) is 7.65. The zero-order valence-electron chi connectivity index (χ0n) is 14.8. The first-order chi connectivity index (χ1) is 11.5. The van der Waals surface area contributed by atoms with E-state index in [2.05, 4.69) is 27.3 Å². The van der Waals surface area contributed by atoms with Crippen LogP contribution in [0.1, 0.15) is 47.9 Å². The molecule has 130 valence electrons. The van der Waals surface area contributed by atoms with Gasteiger partial charge < -0.3 is 14.7 Å². The number of carbonyl (C=O) groups is 1. The predicted octanol–water partition coefficient (Wildman–Crippen LogP) is 2.69. The van der Waals surface area contributed by atoms with Crippen LogP contribution < -0.4 is 5.32 Å². The number of piperidine rings is 1. The van der Waals surface area contributed by atoms with E-state index >= 15 is 0 Å². The van der Waals surface area contributed by atoms with Crippen LogP contribution in [0, 0.1) is 19.8 Å². The molecule has 1 fully saturated rings. The van der Waals surface area contributed by atoms with E-state index in [0.29, 0.717) is 28.9 Å². The van der Waals surface area contributed by atoms with Crippen LogP contribution in [-0.4, -0.2) is 47.1 Å². The molecule has 3 heterocycles.